The maximum atomic E-state index is 5.98. The van der Waals surface area contributed by atoms with E-state index in [1.165, 1.54) is 0 Å². The third kappa shape index (κ3) is 4.66. The van der Waals surface area contributed by atoms with Crippen LogP contribution >= 0.6 is 0 Å². The van der Waals surface area contributed by atoms with E-state index >= 15 is 0 Å². The molecule has 0 bridgehead atoms. The molecule has 0 saturated carbocycles. The second-order valence-corrected chi connectivity index (χ2v) is 3.05. The Balaban J connectivity index is 3.70. The molecule has 0 radical (unpaired) electrons. The maximum absolute atomic E-state index is 5.98. The van der Waals surface area contributed by atoms with Gasteiger partial charge < -0.3 is 20.9 Å². The lowest BCUT2D eigenvalue weighted by Crippen LogP contribution is -2.48. The van der Waals surface area contributed by atoms with Crippen LogP contribution in [0.5, 0.6) is 0 Å². The Hall–Kier alpha value is -0.160. The molecule has 4 heteroatoms. The van der Waals surface area contributed by atoms with Gasteiger partial charge in [-0.15, -0.1) is 0 Å². The number of nitrogens with two attached hydrogens (primary N) is 2. The predicted molar refractivity (Wildman–Crippen MR) is 49.0 cm³/mol. The van der Waals surface area contributed by atoms with E-state index in [0.717, 1.165) is 12.8 Å². The lowest BCUT2D eigenvalue weighted by Gasteiger charge is -2.27. The van der Waals surface area contributed by atoms with E-state index in [1.807, 2.05) is 0 Å². The van der Waals surface area contributed by atoms with Crippen LogP contribution in [0.15, 0.2) is 0 Å². The van der Waals surface area contributed by atoms with Crippen LogP contribution in [-0.4, -0.2) is 39.5 Å². The van der Waals surface area contributed by atoms with E-state index in [9.17, 15) is 0 Å². The molecule has 12 heavy (non-hydrogen) atoms. The third-order valence-electron chi connectivity index (χ3n) is 2.01. The Kier molecular flexibility index (Phi) is 6.28. The number of hydrogen-bond acceptors (Lipinski definition) is 4. The van der Waals surface area contributed by atoms with E-state index in [0.29, 0.717) is 19.8 Å². The molecule has 0 atom stereocenters. The Morgan fingerprint density at radius 2 is 1.50 bits per heavy atom. The monoisotopic (exact) mass is 176 g/mol. The number of ether oxygens (including phenoxy) is 2. The molecule has 4 nitrogen and oxygen atoms in total. The summed E-state index contributed by atoms with van der Waals surface area (Å²) < 4.78 is 9.89. The van der Waals surface area contributed by atoms with Crippen LogP contribution in [0.1, 0.15) is 12.8 Å². The Bertz CT molecular complexity index is 101. The summed E-state index contributed by atoms with van der Waals surface area (Å²) in [5, 5.41) is 0. The fourth-order valence-corrected chi connectivity index (χ4v) is 0.940. The molecule has 0 aromatic rings. The fourth-order valence-electron chi connectivity index (χ4n) is 0.940. The average molecular weight is 176 g/mol. The molecule has 0 fully saturated rings. The molecule has 0 saturated heterocycles. The molecule has 4 N–H and O–H groups in total. The summed E-state index contributed by atoms with van der Waals surface area (Å²) >= 11 is 0. The van der Waals surface area contributed by atoms with Crippen LogP contribution in [-0.2, 0) is 9.47 Å². The van der Waals surface area contributed by atoms with E-state index in [4.69, 9.17) is 20.9 Å². The van der Waals surface area contributed by atoms with Crippen molar-refractivity contribution in [1.82, 2.24) is 0 Å². The largest absolute Gasteiger partial charge is 0.385 e. The van der Waals surface area contributed by atoms with Crippen molar-refractivity contribution < 1.29 is 9.47 Å². The Morgan fingerprint density at radius 3 is 1.75 bits per heavy atom. The van der Waals surface area contributed by atoms with E-state index in [1.54, 1.807) is 14.2 Å². The van der Waals surface area contributed by atoms with E-state index < -0.39 is 0 Å². The van der Waals surface area contributed by atoms with Crippen LogP contribution < -0.4 is 11.5 Å². The van der Waals surface area contributed by atoms with E-state index in [-0.39, 0.29) is 5.54 Å². The van der Waals surface area contributed by atoms with Gasteiger partial charge in [0, 0.05) is 39.5 Å². The van der Waals surface area contributed by atoms with Crippen LogP contribution in [0.2, 0.25) is 0 Å². The zero-order chi connectivity index (χ0) is 9.45. The van der Waals surface area contributed by atoms with Gasteiger partial charge in [0.15, 0.2) is 0 Å². The summed E-state index contributed by atoms with van der Waals surface area (Å²) in [6.45, 7) is 1.77. The molecule has 0 aliphatic heterocycles. The first-order chi connectivity index (χ1) is 5.68. The highest BCUT2D eigenvalue weighted by Crippen LogP contribution is 2.10. The quantitative estimate of drug-likeness (QED) is 0.559. The summed E-state index contributed by atoms with van der Waals surface area (Å²) in [7, 11) is 3.32. The third-order valence-corrected chi connectivity index (χ3v) is 2.01. The van der Waals surface area contributed by atoms with E-state index in [2.05, 4.69) is 0 Å². The van der Waals surface area contributed by atoms with Crippen molar-refractivity contribution in [3.63, 3.8) is 0 Å². The summed E-state index contributed by atoms with van der Waals surface area (Å²) in [5.41, 5.74) is 11.2. The van der Waals surface area contributed by atoms with Crippen molar-refractivity contribution in [3.8, 4) is 0 Å². The van der Waals surface area contributed by atoms with Gasteiger partial charge in [-0.25, -0.2) is 0 Å². The van der Waals surface area contributed by atoms with Crippen LogP contribution in [0.25, 0.3) is 0 Å². The van der Waals surface area contributed by atoms with Crippen LogP contribution in [0, 0.1) is 0 Å². The lowest BCUT2D eigenvalue weighted by molar-refractivity contribution is 0.136. The van der Waals surface area contributed by atoms with Gasteiger partial charge in [-0.1, -0.05) is 0 Å². The molecule has 0 aliphatic rings. The minimum absolute atomic E-state index is 0.327. The van der Waals surface area contributed by atoms with Gasteiger partial charge in [0.25, 0.3) is 0 Å². The van der Waals surface area contributed by atoms with Crippen molar-refractivity contribution in [3.05, 3.63) is 0 Å². The zero-order valence-corrected chi connectivity index (χ0v) is 8.01. The second-order valence-electron chi connectivity index (χ2n) is 3.05. The summed E-state index contributed by atoms with van der Waals surface area (Å²) in [6.07, 6.45) is 1.56. The predicted octanol–water partition coefficient (Wildman–Crippen LogP) is -0.284. The highest BCUT2D eigenvalue weighted by Gasteiger charge is 2.21. The molecule has 74 valence electrons. The van der Waals surface area contributed by atoms with Crippen molar-refractivity contribution >= 4 is 0 Å². The molecule has 0 aliphatic carbocycles. The molecule has 0 rings (SSSR count). The zero-order valence-electron chi connectivity index (χ0n) is 8.01. The van der Waals surface area contributed by atoms with Crippen molar-refractivity contribution in [2.24, 2.45) is 11.5 Å². The molecular formula is C8H20N2O2. The number of hydrogen-bond donors (Lipinski definition) is 2. The Morgan fingerprint density at radius 1 is 1.08 bits per heavy atom. The number of methoxy groups -OCH3 is 2. The fraction of sp³-hybridized carbons (Fsp3) is 1.00. The lowest BCUT2D eigenvalue weighted by atomic mass is 9.93. The van der Waals surface area contributed by atoms with Crippen LogP contribution in [0.3, 0.4) is 0 Å². The minimum Gasteiger partial charge on any atom is -0.385 e. The van der Waals surface area contributed by atoms with Gasteiger partial charge in [0.05, 0.1) is 0 Å². The molecular weight excluding hydrogens is 156 g/mol. The highest BCUT2D eigenvalue weighted by atomic mass is 16.5. The number of rotatable bonds is 7. The average Bonchev–Trinajstić information content (AvgIpc) is 2.11. The smallest absolute Gasteiger partial charge is 0.0480 e. The molecule has 0 spiro atoms. The van der Waals surface area contributed by atoms with Gasteiger partial charge in [-0.2, -0.15) is 0 Å². The van der Waals surface area contributed by atoms with Gasteiger partial charge in [0.2, 0.25) is 0 Å². The Labute approximate surface area is 74.2 Å². The molecule has 0 heterocycles. The first-order valence-corrected chi connectivity index (χ1v) is 4.15. The van der Waals surface area contributed by atoms with Gasteiger partial charge in [-0.3, -0.25) is 0 Å². The topological polar surface area (TPSA) is 70.5 Å². The summed E-state index contributed by atoms with van der Waals surface area (Å²) in [4.78, 5) is 0. The van der Waals surface area contributed by atoms with Crippen molar-refractivity contribution in [2.75, 3.05) is 34.0 Å². The minimum atomic E-state index is -0.327. The van der Waals surface area contributed by atoms with Gasteiger partial charge in [0.1, 0.15) is 0 Å². The SMILES string of the molecule is COCCC(N)(CN)CCOC. The maximum Gasteiger partial charge on any atom is 0.0480 e. The van der Waals surface area contributed by atoms with Crippen molar-refractivity contribution in [2.45, 2.75) is 18.4 Å². The van der Waals surface area contributed by atoms with Gasteiger partial charge in [-0.05, 0) is 12.8 Å². The molecule has 0 amide bonds. The molecule has 0 unspecified atom stereocenters. The molecule has 0 aromatic carbocycles. The standard InChI is InChI=1S/C8H20N2O2/c1-11-5-3-8(10,7-9)4-6-12-2/h3-7,9-10H2,1-2H3. The van der Waals surface area contributed by atoms with Crippen molar-refractivity contribution in [1.29, 1.82) is 0 Å². The highest BCUT2D eigenvalue weighted by molar-refractivity contribution is 4.84. The first kappa shape index (κ1) is 11.8. The first-order valence-electron chi connectivity index (χ1n) is 4.15. The second kappa shape index (κ2) is 6.37. The normalized spacial score (nSPS) is 12.0. The summed E-state index contributed by atoms with van der Waals surface area (Å²) in [6, 6.07) is 0. The molecule has 0 aromatic heterocycles. The van der Waals surface area contributed by atoms with Gasteiger partial charge >= 0.3 is 0 Å². The van der Waals surface area contributed by atoms with Crippen LogP contribution in [0.4, 0.5) is 0 Å². The summed E-state index contributed by atoms with van der Waals surface area (Å²) in [5.74, 6) is 0.